The second kappa shape index (κ2) is 19.4. The van der Waals surface area contributed by atoms with Crippen LogP contribution in [-0.2, 0) is 20.6 Å². The van der Waals surface area contributed by atoms with Crippen molar-refractivity contribution in [1.82, 2.24) is 24.5 Å². The molecule has 14 heteroatoms. The van der Waals surface area contributed by atoms with E-state index in [1.807, 2.05) is 48.5 Å². The maximum Gasteiger partial charge on any atom is 0.410 e. The van der Waals surface area contributed by atoms with Gasteiger partial charge >= 0.3 is 6.09 Å². The van der Waals surface area contributed by atoms with Gasteiger partial charge in [-0.05, 0) is 89.5 Å². The lowest BCUT2D eigenvalue weighted by atomic mass is 9.91. The van der Waals surface area contributed by atoms with Crippen molar-refractivity contribution >= 4 is 47.0 Å². The van der Waals surface area contributed by atoms with E-state index in [0.717, 1.165) is 46.6 Å². The number of anilines is 1. The zero-order chi connectivity index (χ0) is 39.6. The molecule has 0 aliphatic heterocycles. The number of aromatic nitrogens is 4. The summed E-state index contributed by atoms with van der Waals surface area (Å²) in [5, 5.41) is 14.0. The Hall–Kier alpha value is -3.22. The van der Waals surface area contributed by atoms with Crippen molar-refractivity contribution in [2.45, 2.75) is 130 Å². The van der Waals surface area contributed by atoms with Gasteiger partial charge in [-0.25, -0.2) is 14.8 Å². The van der Waals surface area contributed by atoms with E-state index in [0.29, 0.717) is 50.9 Å². The molecule has 0 bridgehead atoms. The number of aliphatic hydroxyl groups excluding tert-OH is 1. The van der Waals surface area contributed by atoms with Crippen LogP contribution in [0.15, 0.2) is 24.5 Å². The fraction of sp³-hybridized carbons (Fsp3) is 0.641. The number of nitrogens with zero attached hydrogens (tertiary/aromatic N) is 6. The molecule has 0 radical (unpaired) electrons. The summed E-state index contributed by atoms with van der Waals surface area (Å²) in [6.45, 7) is 27.9. The third-order valence-corrected chi connectivity index (χ3v) is 12.5. The van der Waals surface area contributed by atoms with E-state index in [2.05, 4.69) is 89.6 Å². The van der Waals surface area contributed by atoms with Gasteiger partial charge in [-0.3, -0.25) is 0 Å². The molecule has 53 heavy (non-hydrogen) atoms. The Morgan fingerprint density at radius 3 is 2.13 bits per heavy atom. The predicted molar refractivity (Wildman–Crippen MR) is 224 cm³/mol. The third kappa shape index (κ3) is 13.9. The summed E-state index contributed by atoms with van der Waals surface area (Å²) in [6, 6.07) is 5.84. The van der Waals surface area contributed by atoms with Crippen molar-refractivity contribution in [3.05, 3.63) is 35.9 Å². The summed E-state index contributed by atoms with van der Waals surface area (Å²) in [4.78, 5) is 27.2. The number of fused-ring (bicyclic) bond motifs is 1. The smallest absolute Gasteiger partial charge is 0.410 e. The molecule has 3 aromatic heterocycles. The Labute approximate surface area is 321 Å². The first-order valence-electron chi connectivity index (χ1n) is 19.1. The lowest BCUT2D eigenvalue weighted by Crippen LogP contribution is -2.47. The maximum atomic E-state index is 13.4. The molecule has 1 amide bonds. The van der Waals surface area contributed by atoms with Crippen molar-refractivity contribution < 1.29 is 24.1 Å². The van der Waals surface area contributed by atoms with Crippen LogP contribution in [0.25, 0.3) is 16.8 Å². The van der Waals surface area contributed by atoms with Crippen LogP contribution in [0.2, 0.25) is 51.4 Å². The number of carbonyl (C=O) groups excluding carboxylic acids is 1. The first kappa shape index (κ1) is 44.2. The van der Waals surface area contributed by atoms with Crippen LogP contribution in [0.1, 0.15) is 65.8 Å². The standard InChI is InChI=1S/C39H65BN6O5Si2/c1-13-29(2)45(38(48)51-39(4,5)6)30(3)16-19-34-35(40)37(44(27-49-21-23-52(7,8)9)28-50-22-24-53(10,11)12)46-36(43-34)33(26-42-46)31-17-18-32(41-25-31)15-14-20-47/h17-18,25-26,29-30,47H,13,16,19-24,27-28,40H2,1-12H3/t29-,30+/m0/s1. The van der Waals surface area contributed by atoms with Gasteiger partial charge in [0.25, 0.3) is 0 Å². The van der Waals surface area contributed by atoms with Gasteiger partial charge in [0.2, 0.25) is 0 Å². The van der Waals surface area contributed by atoms with Crippen molar-refractivity contribution in [2.75, 3.05) is 38.2 Å². The molecule has 0 spiro atoms. The minimum atomic E-state index is -1.30. The number of hydrogen-bond acceptors (Lipinski definition) is 9. The quantitative estimate of drug-likeness (QED) is 0.0702. The topological polar surface area (TPSA) is 115 Å². The Kier molecular flexibility index (Phi) is 16.2. The van der Waals surface area contributed by atoms with Gasteiger partial charge in [0.1, 0.15) is 45.0 Å². The lowest BCUT2D eigenvalue weighted by Gasteiger charge is -2.36. The normalized spacial score (nSPS) is 13.4. The summed E-state index contributed by atoms with van der Waals surface area (Å²) >= 11 is 0. The number of aryl methyl sites for hydroxylation is 1. The molecular weight excluding hydrogens is 699 g/mol. The Morgan fingerprint density at radius 2 is 1.62 bits per heavy atom. The molecule has 0 aromatic carbocycles. The molecule has 0 unspecified atom stereocenters. The summed E-state index contributed by atoms with van der Waals surface area (Å²) in [6.07, 6.45) is 5.44. The van der Waals surface area contributed by atoms with Crippen LogP contribution in [0.3, 0.4) is 0 Å². The van der Waals surface area contributed by atoms with Crippen LogP contribution in [0.4, 0.5) is 10.6 Å². The molecule has 0 saturated heterocycles. The van der Waals surface area contributed by atoms with E-state index in [-0.39, 0.29) is 24.8 Å². The van der Waals surface area contributed by atoms with Crippen LogP contribution in [0, 0.1) is 11.8 Å². The average Bonchev–Trinajstić information content (AvgIpc) is 3.47. The fourth-order valence-corrected chi connectivity index (χ4v) is 7.25. The number of rotatable bonds is 18. The number of carbonyl (C=O) groups is 1. The van der Waals surface area contributed by atoms with Gasteiger partial charge in [-0.2, -0.15) is 9.61 Å². The Balaban J connectivity index is 2.11. The van der Waals surface area contributed by atoms with Crippen molar-refractivity contribution in [3.63, 3.8) is 0 Å². The number of ether oxygens (including phenoxy) is 3. The van der Waals surface area contributed by atoms with E-state index in [4.69, 9.17) is 29.4 Å². The largest absolute Gasteiger partial charge is 0.444 e. The first-order chi connectivity index (χ1) is 24.7. The van der Waals surface area contributed by atoms with E-state index in [9.17, 15) is 4.79 Å². The monoisotopic (exact) mass is 764 g/mol. The highest BCUT2D eigenvalue weighted by atomic mass is 28.3. The predicted octanol–water partition coefficient (Wildman–Crippen LogP) is 6.18. The zero-order valence-corrected chi connectivity index (χ0v) is 36.8. The molecule has 0 aliphatic carbocycles. The average molecular weight is 765 g/mol. The summed E-state index contributed by atoms with van der Waals surface area (Å²) < 4.78 is 20.5. The minimum absolute atomic E-state index is 0.0167. The van der Waals surface area contributed by atoms with Gasteiger partial charge < -0.3 is 29.1 Å². The number of hydrogen-bond donors (Lipinski definition) is 1. The minimum Gasteiger partial charge on any atom is -0.444 e. The van der Waals surface area contributed by atoms with Crippen LogP contribution >= 0.6 is 0 Å². The van der Waals surface area contributed by atoms with Crippen LogP contribution < -0.4 is 10.4 Å². The summed E-state index contributed by atoms with van der Waals surface area (Å²) in [5.74, 6) is 6.39. The Morgan fingerprint density at radius 1 is 1.00 bits per heavy atom. The molecule has 2 atom stereocenters. The Bertz CT molecular complexity index is 1670. The molecule has 3 rings (SSSR count). The maximum absolute atomic E-state index is 13.4. The first-order valence-corrected chi connectivity index (χ1v) is 26.5. The molecule has 0 aliphatic rings. The lowest BCUT2D eigenvalue weighted by molar-refractivity contribution is 0.00727. The highest BCUT2D eigenvalue weighted by Gasteiger charge is 2.30. The van der Waals surface area contributed by atoms with Crippen LogP contribution in [-0.4, -0.2) is 111 Å². The highest BCUT2D eigenvalue weighted by Crippen LogP contribution is 2.27. The van der Waals surface area contributed by atoms with Gasteiger partial charge in [0, 0.05) is 64.5 Å². The van der Waals surface area contributed by atoms with Crippen molar-refractivity contribution in [3.8, 4) is 23.0 Å². The van der Waals surface area contributed by atoms with E-state index >= 15 is 0 Å². The SMILES string of the molecule is Bc1c(CC[C@@H](C)N(C(=O)OC(C)(C)C)[C@@H](C)CC)nc2c(-c3ccc(C#CCO)nc3)cnn2c1N(COCC[Si](C)(C)C)COCC[Si](C)(C)C. The number of pyridine rings is 1. The van der Waals surface area contributed by atoms with Crippen molar-refractivity contribution in [1.29, 1.82) is 0 Å². The summed E-state index contributed by atoms with van der Waals surface area (Å²) in [7, 11) is -0.496. The van der Waals surface area contributed by atoms with E-state index < -0.39 is 21.7 Å². The van der Waals surface area contributed by atoms with Gasteiger partial charge in [0.05, 0.1) is 6.20 Å². The molecule has 1 N–H and O–H groups in total. The second-order valence-electron chi connectivity index (χ2n) is 17.5. The fourth-order valence-electron chi connectivity index (χ4n) is 5.74. The molecule has 0 fully saturated rings. The molecular formula is C39H65BN6O5Si2. The van der Waals surface area contributed by atoms with E-state index in [1.54, 1.807) is 6.20 Å². The van der Waals surface area contributed by atoms with Gasteiger partial charge in [0.15, 0.2) is 5.65 Å². The van der Waals surface area contributed by atoms with Crippen molar-refractivity contribution in [2.24, 2.45) is 0 Å². The van der Waals surface area contributed by atoms with Gasteiger partial charge in [-0.1, -0.05) is 52.1 Å². The molecule has 11 nitrogen and oxygen atoms in total. The molecule has 3 heterocycles. The summed E-state index contributed by atoms with van der Waals surface area (Å²) in [5.41, 5.74) is 4.28. The molecule has 292 valence electrons. The molecule has 3 aromatic rings. The van der Waals surface area contributed by atoms with Gasteiger partial charge in [-0.15, -0.1) is 0 Å². The number of amides is 1. The van der Waals surface area contributed by atoms with E-state index in [1.165, 1.54) is 0 Å². The second-order valence-corrected chi connectivity index (χ2v) is 28.7. The third-order valence-electron chi connectivity index (χ3n) is 9.05. The van der Waals surface area contributed by atoms with Crippen LogP contribution in [0.5, 0.6) is 0 Å². The number of aliphatic hydroxyl groups is 1. The highest BCUT2D eigenvalue weighted by molar-refractivity contribution is 6.76. The zero-order valence-electron chi connectivity index (χ0n) is 34.8. The molecule has 0 saturated carbocycles.